The maximum Gasteiger partial charge on any atom is 0.268 e. The Balaban J connectivity index is 1.71. The Bertz CT molecular complexity index is 1200. The van der Waals surface area contributed by atoms with Gasteiger partial charge in [-0.2, -0.15) is 0 Å². The second kappa shape index (κ2) is 6.73. The van der Waals surface area contributed by atoms with Crippen LogP contribution in [0.15, 0.2) is 76.3 Å². The van der Waals surface area contributed by atoms with E-state index < -0.39 is 9.84 Å². The highest BCUT2D eigenvalue weighted by atomic mass is 32.2. The smallest absolute Gasteiger partial charge is 0.268 e. The fraction of sp³-hybridized carbons (Fsp3) is 0.0526. The zero-order chi connectivity index (χ0) is 18.9. The van der Waals surface area contributed by atoms with Gasteiger partial charge in [-0.05, 0) is 24.3 Å². The molecule has 0 amide bonds. The van der Waals surface area contributed by atoms with E-state index in [2.05, 4.69) is 20.2 Å². The monoisotopic (exact) mass is 378 g/mol. The van der Waals surface area contributed by atoms with Gasteiger partial charge < -0.3 is 4.42 Å². The van der Waals surface area contributed by atoms with Gasteiger partial charge in [0.05, 0.1) is 23.0 Å². The summed E-state index contributed by atoms with van der Waals surface area (Å²) in [7, 11) is -3.31. The summed E-state index contributed by atoms with van der Waals surface area (Å²) < 4.78 is 29.3. The molecular weight excluding hydrogens is 364 g/mol. The summed E-state index contributed by atoms with van der Waals surface area (Å²) in [5, 5.41) is 8.09. The summed E-state index contributed by atoms with van der Waals surface area (Å²) in [6, 6.07) is 16.0. The third-order valence-corrected chi connectivity index (χ3v) is 4.97. The summed E-state index contributed by atoms with van der Waals surface area (Å²) in [5.74, 6) is 0.624. The van der Waals surface area contributed by atoms with Gasteiger partial charge in [0.2, 0.25) is 5.89 Å². The van der Waals surface area contributed by atoms with Gasteiger partial charge in [-0.25, -0.2) is 13.4 Å². The third kappa shape index (κ3) is 3.61. The summed E-state index contributed by atoms with van der Waals surface area (Å²) in [5.41, 5.74) is 2.36. The summed E-state index contributed by atoms with van der Waals surface area (Å²) >= 11 is 0. The molecule has 0 fully saturated rings. The van der Waals surface area contributed by atoms with Gasteiger partial charge in [0, 0.05) is 17.4 Å². The lowest BCUT2D eigenvalue weighted by molar-refractivity contribution is 0.582. The minimum Gasteiger partial charge on any atom is -0.415 e. The molecule has 4 rings (SSSR count). The van der Waals surface area contributed by atoms with E-state index in [1.54, 1.807) is 30.5 Å². The van der Waals surface area contributed by atoms with Crippen LogP contribution in [-0.4, -0.2) is 34.8 Å². The second-order valence-electron chi connectivity index (χ2n) is 5.87. The van der Waals surface area contributed by atoms with Crippen LogP contribution >= 0.6 is 0 Å². The van der Waals surface area contributed by atoms with Gasteiger partial charge in [0.25, 0.3) is 5.89 Å². The van der Waals surface area contributed by atoms with Crippen molar-refractivity contribution in [3.05, 3.63) is 67.0 Å². The summed E-state index contributed by atoms with van der Waals surface area (Å²) in [6.45, 7) is 0. The Morgan fingerprint density at radius 2 is 1.52 bits per heavy atom. The molecule has 0 radical (unpaired) electrons. The number of hydrogen-bond donors (Lipinski definition) is 0. The molecule has 0 saturated heterocycles. The molecule has 0 aliphatic rings. The maximum absolute atomic E-state index is 11.8. The van der Waals surface area contributed by atoms with Gasteiger partial charge >= 0.3 is 0 Å². The molecule has 0 unspecified atom stereocenters. The fourth-order valence-corrected chi connectivity index (χ4v) is 3.19. The highest BCUT2D eigenvalue weighted by molar-refractivity contribution is 7.90. The van der Waals surface area contributed by atoms with Crippen LogP contribution in [0.5, 0.6) is 0 Å². The lowest BCUT2D eigenvalue weighted by Gasteiger charge is -2.04. The standard InChI is InChI=1S/C19H14N4O3S/c1-27(24,25)15-9-5-8-14(10-15)16-11-20-12-17(21-16)19-23-22-18(26-19)13-6-3-2-4-7-13/h2-12H,1H3. The third-order valence-electron chi connectivity index (χ3n) is 3.86. The van der Waals surface area contributed by atoms with Crippen LogP contribution in [0.1, 0.15) is 0 Å². The van der Waals surface area contributed by atoms with Crippen molar-refractivity contribution in [1.82, 2.24) is 20.2 Å². The Morgan fingerprint density at radius 1 is 0.815 bits per heavy atom. The van der Waals surface area contributed by atoms with Crippen molar-refractivity contribution < 1.29 is 12.8 Å². The maximum atomic E-state index is 11.8. The van der Waals surface area contributed by atoms with Crippen LogP contribution in [-0.2, 0) is 9.84 Å². The number of rotatable bonds is 4. The molecule has 0 aliphatic heterocycles. The van der Waals surface area contributed by atoms with Crippen molar-refractivity contribution in [2.75, 3.05) is 6.26 Å². The van der Waals surface area contributed by atoms with Gasteiger partial charge in [-0.3, -0.25) is 4.98 Å². The fourth-order valence-electron chi connectivity index (χ4n) is 2.52. The number of aromatic nitrogens is 4. The van der Waals surface area contributed by atoms with Gasteiger partial charge in [0.15, 0.2) is 9.84 Å². The van der Waals surface area contributed by atoms with E-state index in [9.17, 15) is 8.42 Å². The molecule has 0 aliphatic carbocycles. The quantitative estimate of drug-likeness (QED) is 0.537. The predicted molar refractivity (Wildman–Crippen MR) is 99.3 cm³/mol. The number of nitrogens with zero attached hydrogens (tertiary/aromatic N) is 4. The largest absolute Gasteiger partial charge is 0.415 e. The Labute approximate surface area is 155 Å². The molecule has 134 valence electrons. The first-order valence-electron chi connectivity index (χ1n) is 8.02. The Kier molecular flexibility index (Phi) is 4.25. The van der Waals surface area contributed by atoms with Crippen molar-refractivity contribution in [1.29, 1.82) is 0 Å². The van der Waals surface area contributed by atoms with Gasteiger partial charge in [0.1, 0.15) is 5.69 Å². The molecular formula is C19H14N4O3S. The minimum atomic E-state index is -3.31. The molecule has 8 heteroatoms. The van der Waals surface area contributed by atoms with Crippen LogP contribution in [0.4, 0.5) is 0 Å². The number of sulfone groups is 1. The molecule has 0 spiro atoms. The lowest BCUT2D eigenvalue weighted by Crippen LogP contribution is -1.97. The van der Waals surface area contributed by atoms with Crippen LogP contribution < -0.4 is 0 Å². The van der Waals surface area contributed by atoms with E-state index >= 15 is 0 Å². The van der Waals surface area contributed by atoms with Gasteiger partial charge in [-0.15, -0.1) is 10.2 Å². The van der Waals surface area contributed by atoms with E-state index in [0.29, 0.717) is 22.8 Å². The lowest BCUT2D eigenvalue weighted by atomic mass is 10.1. The first kappa shape index (κ1) is 17.0. The average molecular weight is 378 g/mol. The van der Waals surface area contributed by atoms with E-state index in [0.717, 1.165) is 11.8 Å². The van der Waals surface area contributed by atoms with Crippen LogP contribution in [0.2, 0.25) is 0 Å². The summed E-state index contributed by atoms with van der Waals surface area (Å²) in [4.78, 5) is 8.88. The molecule has 27 heavy (non-hydrogen) atoms. The molecule has 2 heterocycles. The van der Waals surface area contributed by atoms with E-state index in [4.69, 9.17) is 4.42 Å². The second-order valence-corrected chi connectivity index (χ2v) is 7.88. The SMILES string of the molecule is CS(=O)(=O)c1cccc(-c2cncc(-c3nnc(-c4ccccc4)o3)n2)c1. The van der Waals surface area contributed by atoms with Crippen LogP contribution in [0.3, 0.4) is 0 Å². The molecule has 0 atom stereocenters. The van der Waals surface area contributed by atoms with E-state index in [1.165, 1.54) is 6.20 Å². The van der Waals surface area contributed by atoms with Crippen molar-refractivity contribution >= 4 is 9.84 Å². The van der Waals surface area contributed by atoms with E-state index in [-0.39, 0.29) is 10.8 Å². The normalized spacial score (nSPS) is 11.4. The van der Waals surface area contributed by atoms with Crippen molar-refractivity contribution in [3.63, 3.8) is 0 Å². The number of hydrogen-bond acceptors (Lipinski definition) is 7. The van der Waals surface area contributed by atoms with Gasteiger partial charge in [-0.1, -0.05) is 30.3 Å². The van der Waals surface area contributed by atoms with Crippen molar-refractivity contribution in [2.24, 2.45) is 0 Å². The first-order chi connectivity index (χ1) is 13.0. The molecule has 4 aromatic rings. The number of benzene rings is 2. The molecule has 0 N–H and O–H groups in total. The van der Waals surface area contributed by atoms with Crippen molar-refractivity contribution in [3.8, 4) is 34.3 Å². The summed E-state index contributed by atoms with van der Waals surface area (Å²) in [6.07, 6.45) is 4.24. The minimum absolute atomic E-state index is 0.219. The van der Waals surface area contributed by atoms with Crippen molar-refractivity contribution in [2.45, 2.75) is 4.90 Å². The molecule has 0 saturated carbocycles. The Morgan fingerprint density at radius 3 is 2.30 bits per heavy atom. The molecule has 7 nitrogen and oxygen atoms in total. The molecule has 2 aromatic heterocycles. The molecule has 2 aromatic carbocycles. The average Bonchev–Trinajstić information content (AvgIpc) is 3.19. The zero-order valence-corrected chi connectivity index (χ0v) is 15.1. The topological polar surface area (TPSA) is 98.8 Å². The van der Waals surface area contributed by atoms with Crippen LogP contribution in [0.25, 0.3) is 34.3 Å². The van der Waals surface area contributed by atoms with Crippen LogP contribution in [0, 0.1) is 0 Å². The highest BCUT2D eigenvalue weighted by Gasteiger charge is 2.14. The Hall–Kier alpha value is -3.39. The predicted octanol–water partition coefficient (Wildman–Crippen LogP) is 3.26. The zero-order valence-electron chi connectivity index (χ0n) is 14.3. The highest BCUT2D eigenvalue weighted by Crippen LogP contribution is 2.25. The first-order valence-corrected chi connectivity index (χ1v) is 9.92. The molecule has 0 bridgehead atoms. The van der Waals surface area contributed by atoms with E-state index in [1.807, 2.05) is 30.3 Å².